The van der Waals surface area contributed by atoms with E-state index < -0.39 is 0 Å². The Balaban J connectivity index is 1.88. The molecular weight excluding hydrogens is 356 g/mol. The number of rotatable bonds is 4. The van der Waals surface area contributed by atoms with Crippen molar-refractivity contribution in [3.05, 3.63) is 112 Å². The molecule has 0 radical (unpaired) electrons. The fourth-order valence-electron chi connectivity index (χ4n) is 4.25. The molecule has 3 aromatic carbocycles. The summed E-state index contributed by atoms with van der Waals surface area (Å²) in [6, 6.07) is 25.1. The van der Waals surface area contributed by atoms with E-state index in [2.05, 4.69) is 67.6 Å². The molecule has 0 bridgehead atoms. The highest BCUT2D eigenvalue weighted by Crippen LogP contribution is 2.43. The first-order valence-electron chi connectivity index (χ1n) is 10.1. The second kappa shape index (κ2) is 7.71. The van der Waals surface area contributed by atoms with Gasteiger partial charge in [0, 0.05) is 5.41 Å². The molecule has 0 atom stereocenters. The Labute approximate surface area is 172 Å². The smallest absolute Gasteiger partial charge is 0.338 e. The monoisotopic (exact) mass is 382 g/mol. The summed E-state index contributed by atoms with van der Waals surface area (Å²) >= 11 is 0. The Hall–Kier alpha value is -3.13. The highest BCUT2D eigenvalue weighted by molar-refractivity contribution is 5.95. The second-order valence-electron chi connectivity index (χ2n) is 7.99. The van der Waals surface area contributed by atoms with Gasteiger partial charge < -0.3 is 4.74 Å². The van der Waals surface area contributed by atoms with Crippen LogP contribution in [0.5, 0.6) is 0 Å². The Morgan fingerprint density at radius 2 is 1.48 bits per heavy atom. The summed E-state index contributed by atoms with van der Waals surface area (Å²) in [7, 11) is 0. The van der Waals surface area contributed by atoms with Crippen molar-refractivity contribution in [1.82, 2.24) is 0 Å². The minimum absolute atomic E-state index is 0.139. The maximum absolute atomic E-state index is 12.7. The first kappa shape index (κ1) is 19.2. The van der Waals surface area contributed by atoms with E-state index >= 15 is 0 Å². The largest absolute Gasteiger partial charge is 0.459 e. The topological polar surface area (TPSA) is 26.3 Å². The van der Waals surface area contributed by atoms with Crippen molar-refractivity contribution in [2.24, 2.45) is 0 Å². The van der Waals surface area contributed by atoms with Crippen molar-refractivity contribution in [1.29, 1.82) is 0 Å². The summed E-state index contributed by atoms with van der Waals surface area (Å²) in [5.74, 6) is -0.257. The maximum atomic E-state index is 12.7. The van der Waals surface area contributed by atoms with Crippen LogP contribution >= 0.6 is 0 Å². The fraction of sp³-hybridized carbons (Fsp3) is 0.222. The molecule has 2 heteroatoms. The summed E-state index contributed by atoms with van der Waals surface area (Å²) in [5, 5.41) is 0. The van der Waals surface area contributed by atoms with Crippen molar-refractivity contribution < 1.29 is 9.53 Å². The van der Waals surface area contributed by atoms with Gasteiger partial charge in [-0.05, 0) is 61.1 Å². The van der Waals surface area contributed by atoms with Gasteiger partial charge in [-0.1, -0.05) is 78.9 Å². The summed E-state index contributed by atoms with van der Waals surface area (Å²) in [6.45, 7) is 5.88. The molecule has 29 heavy (non-hydrogen) atoms. The molecular formula is C27H26O2. The molecule has 146 valence electrons. The highest BCUT2D eigenvalue weighted by atomic mass is 16.5. The quantitative estimate of drug-likeness (QED) is 0.508. The van der Waals surface area contributed by atoms with Crippen molar-refractivity contribution in [2.45, 2.75) is 38.7 Å². The van der Waals surface area contributed by atoms with Crippen molar-refractivity contribution >= 4 is 12.0 Å². The lowest BCUT2D eigenvalue weighted by molar-refractivity contribution is 0.0377. The van der Waals surface area contributed by atoms with Crippen LogP contribution < -0.4 is 0 Å². The minimum atomic E-state index is -0.263. The predicted molar refractivity (Wildman–Crippen MR) is 118 cm³/mol. The minimum Gasteiger partial charge on any atom is -0.459 e. The van der Waals surface area contributed by atoms with Gasteiger partial charge in [0.2, 0.25) is 0 Å². The van der Waals surface area contributed by atoms with E-state index in [0.29, 0.717) is 5.56 Å². The fourth-order valence-corrected chi connectivity index (χ4v) is 4.25. The number of aryl methyl sites for hydroxylation is 1. The maximum Gasteiger partial charge on any atom is 0.338 e. The SMILES string of the molecule is Cc1ccc(C(=O)OC(C)C)c2c1CC(c1ccccc1)(c1ccccc1)C=C2. The Kier molecular flexibility index (Phi) is 5.10. The number of benzene rings is 3. The van der Waals surface area contributed by atoms with Gasteiger partial charge in [-0.25, -0.2) is 4.79 Å². The van der Waals surface area contributed by atoms with Gasteiger partial charge in [-0.2, -0.15) is 0 Å². The van der Waals surface area contributed by atoms with E-state index in [-0.39, 0.29) is 17.5 Å². The van der Waals surface area contributed by atoms with Gasteiger partial charge in [0.1, 0.15) is 0 Å². The molecule has 1 aliphatic rings. The van der Waals surface area contributed by atoms with Gasteiger partial charge in [0.15, 0.2) is 0 Å². The lowest BCUT2D eigenvalue weighted by atomic mass is 9.66. The number of carbonyl (C=O) groups excluding carboxylic acids is 1. The molecule has 0 heterocycles. The first-order valence-corrected chi connectivity index (χ1v) is 10.1. The normalized spacial score (nSPS) is 14.5. The van der Waals surface area contributed by atoms with Crippen LogP contribution in [0.25, 0.3) is 6.08 Å². The average molecular weight is 383 g/mol. The number of hydrogen-bond acceptors (Lipinski definition) is 2. The van der Waals surface area contributed by atoms with Crippen LogP contribution in [0.15, 0.2) is 78.9 Å². The van der Waals surface area contributed by atoms with E-state index in [1.165, 1.54) is 22.3 Å². The van der Waals surface area contributed by atoms with E-state index in [0.717, 1.165) is 12.0 Å². The number of esters is 1. The molecule has 0 aromatic heterocycles. The van der Waals surface area contributed by atoms with Gasteiger partial charge >= 0.3 is 5.97 Å². The summed E-state index contributed by atoms with van der Waals surface area (Å²) in [4.78, 5) is 12.7. The number of ether oxygens (including phenoxy) is 1. The van der Waals surface area contributed by atoms with Crippen LogP contribution in [0.1, 0.15) is 52.0 Å². The zero-order valence-corrected chi connectivity index (χ0v) is 17.2. The number of hydrogen-bond donors (Lipinski definition) is 0. The van der Waals surface area contributed by atoms with E-state index in [4.69, 9.17) is 4.74 Å². The van der Waals surface area contributed by atoms with Crippen LogP contribution in [0.2, 0.25) is 0 Å². The zero-order chi connectivity index (χ0) is 20.4. The van der Waals surface area contributed by atoms with E-state index in [9.17, 15) is 4.79 Å². The standard InChI is InChI=1S/C27H26O2/c1-19(2)29-26(28)24-15-14-20(3)25-18-27(17-16-23(24)25,21-10-6-4-7-11-21)22-12-8-5-9-13-22/h4-17,19H,18H2,1-3H3. The molecule has 2 nitrogen and oxygen atoms in total. The first-order chi connectivity index (χ1) is 14.0. The molecule has 3 aromatic rings. The van der Waals surface area contributed by atoms with Crippen LogP contribution in [0, 0.1) is 6.92 Å². The van der Waals surface area contributed by atoms with Gasteiger partial charge in [0.05, 0.1) is 11.7 Å². The average Bonchev–Trinajstić information content (AvgIpc) is 2.74. The summed E-state index contributed by atoms with van der Waals surface area (Å²) in [5.41, 5.74) is 6.27. The highest BCUT2D eigenvalue weighted by Gasteiger charge is 2.36. The number of fused-ring (bicyclic) bond motifs is 1. The molecule has 0 fully saturated rings. The summed E-state index contributed by atoms with van der Waals surface area (Å²) < 4.78 is 5.49. The lowest BCUT2D eigenvalue weighted by Gasteiger charge is -2.36. The number of carbonyl (C=O) groups is 1. The van der Waals surface area contributed by atoms with Crippen LogP contribution in [0.3, 0.4) is 0 Å². The van der Waals surface area contributed by atoms with Crippen molar-refractivity contribution in [3.63, 3.8) is 0 Å². The third-order valence-electron chi connectivity index (χ3n) is 5.72. The van der Waals surface area contributed by atoms with Crippen LogP contribution in [-0.2, 0) is 16.6 Å². The van der Waals surface area contributed by atoms with Gasteiger partial charge in [-0.3, -0.25) is 0 Å². The molecule has 0 spiro atoms. The number of allylic oxidation sites excluding steroid dienone is 1. The molecule has 0 aliphatic heterocycles. The van der Waals surface area contributed by atoms with E-state index in [1.54, 1.807) is 0 Å². The van der Waals surface area contributed by atoms with Gasteiger partial charge in [-0.15, -0.1) is 0 Å². The third-order valence-corrected chi connectivity index (χ3v) is 5.72. The van der Waals surface area contributed by atoms with E-state index in [1.807, 2.05) is 38.1 Å². The second-order valence-corrected chi connectivity index (χ2v) is 7.99. The molecule has 0 N–H and O–H groups in total. The van der Waals surface area contributed by atoms with Crippen molar-refractivity contribution in [3.8, 4) is 0 Å². The zero-order valence-electron chi connectivity index (χ0n) is 17.2. The Morgan fingerprint density at radius 3 is 2.03 bits per heavy atom. The van der Waals surface area contributed by atoms with Crippen molar-refractivity contribution in [2.75, 3.05) is 0 Å². The Morgan fingerprint density at radius 1 is 0.897 bits per heavy atom. The molecule has 1 aliphatic carbocycles. The van der Waals surface area contributed by atoms with Gasteiger partial charge in [0.25, 0.3) is 0 Å². The molecule has 0 saturated carbocycles. The van der Waals surface area contributed by atoms with Crippen LogP contribution in [0.4, 0.5) is 0 Å². The summed E-state index contributed by atoms with van der Waals surface area (Å²) in [6.07, 6.45) is 5.04. The molecule has 0 unspecified atom stereocenters. The molecule has 0 saturated heterocycles. The lowest BCUT2D eigenvalue weighted by Crippen LogP contribution is -2.31. The third kappa shape index (κ3) is 3.51. The molecule has 4 rings (SSSR count). The van der Waals surface area contributed by atoms with Crippen LogP contribution in [-0.4, -0.2) is 12.1 Å². The Bertz CT molecular complexity index is 1010. The molecule has 0 amide bonds. The predicted octanol–water partition coefficient (Wildman–Crippen LogP) is 6.12.